The van der Waals surface area contributed by atoms with E-state index in [1.54, 1.807) is 31.2 Å². The number of nitrogens with zero attached hydrogens (tertiary/aromatic N) is 2. The number of hydrogen-bond acceptors (Lipinski definition) is 6. The highest BCUT2D eigenvalue weighted by Gasteiger charge is 2.34. The van der Waals surface area contributed by atoms with Crippen molar-refractivity contribution in [1.82, 2.24) is 10.2 Å². The lowest BCUT2D eigenvalue weighted by Gasteiger charge is -2.33. The van der Waals surface area contributed by atoms with Crippen LogP contribution < -0.4 is 19.1 Å². The fourth-order valence-corrected chi connectivity index (χ4v) is 6.70. The second kappa shape index (κ2) is 13.9. The third kappa shape index (κ3) is 7.48. The zero-order chi connectivity index (χ0) is 31.1. The molecular weight excluding hydrogens is 566 g/mol. The Hall–Kier alpha value is -4.05. The molecule has 0 aromatic heterocycles. The minimum Gasteiger partial charge on any atom is -0.493 e. The Kier molecular flexibility index (Phi) is 10.3. The number of anilines is 1. The summed E-state index contributed by atoms with van der Waals surface area (Å²) in [6.07, 6.45) is 3.93. The number of benzene rings is 3. The van der Waals surface area contributed by atoms with Gasteiger partial charge in [0, 0.05) is 18.7 Å². The monoisotopic (exact) mass is 607 g/mol. The molecule has 1 saturated carbocycles. The highest BCUT2D eigenvalue weighted by molar-refractivity contribution is 7.92. The molecule has 230 valence electrons. The highest BCUT2D eigenvalue weighted by Crippen LogP contribution is 2.34. The minimum absolute atomic E-state index is 0.0400. The molecule has 43 heavy (non-hydrogen) atoms. The number of amides is 2. The molecule has 1 fully saturated rings. The van der Waals surface area contributed by atoms with Crippen molar-refractivity contribution in [3.63, 3.8) is 0 Å². The summed E-state index contributed by atoms with van der Waals surface area (Å²) in [6.45, 7) is 5.12. The zero-order valence-electron chi connectivity index (χ0n) is 25.5. The summed E-state index contributed by atoms with van der Waals surface area (Å²) in [6, 6.07) is 18.0. The van der Waals surface area contributed by atoms with Gasteiger partial charge in [-0.1, -0.05) is 54.8 Å². The average molecular weight is 608 g/mol. The molecule has 0 aliphatic heterocycles. The molecule has 1 atom stereocenters. The maximum absolute atomic E-state index is 14.2. The van der Waals surface area contributed by atoms with Crippen molar-refractivity contribution in [2.75, 3.05) is 25.1 Å². The van der Waals surface area contributed by atoms with Gasteiger partial charge in [-0.05, 0) is 69.0 Å². The Morgan fingerprint density at radius 3 is 2.21 bits per heavy atom. The van der Waals surface area contributed by atoms with Gasteiger partial charge >= 0.3 is 0 Å². The molecule has 0 unspecified atom stereocenters. The molecule has 0 radical (unpaired) electrons. The largest absolute Gasteiger partial charge is 0.493 e. The van der Waals surface area contributed by atoms with Gasteiger partial charge in [-0.15, -0.1) is 0 Å². The Bertz CT molecular complexity index is 1530. The van der Waals surface area contributed by atoms with Crippen molar-refractivity contribution in [3.8, 4) is 11.5 Å². The van der Waals surface area contributed by atoms with Crippen molar-refractivity contribution in [1.29, 1.82) is 0 Å². The number of carbonyl (C=O) groups is 2. The van der Waals surface area contributed by atoms with E-state index in [4.69, 9.17) is 9.47 Å². The van der Waals surface area contributed by atoms with Gasteiger partial charge in [0.2, 0.25) is 11.8 Å². The first kappa shape index (κ1) is 31.9. The van der Waals surface area contributed by atoms with Crippen molar-refractivity contribution < 1.29 is 27.5 Å². The van der Waals surface area contributed by atoms with Crippen LogP contribution in [0.25, 0.3) is 0 Å². The van der Waals surface area contributed by atoms with Crippen molar-refractivity contribution in [2.45, 2.75) is 70.0 Å². The standard InChI is InChI=1S/C33H41N3O6S/c1-23-14-17-29(18-15-23)43(39,40)36(28-16-19-30(41-4)31(20-28)42-5)22-32(37)35(21-26-11-7-6-10-24(26)2)25(3)33(38)34-27-12-8-9-13-27/h6-7,10-11,14-20,25,27H,8-9,12-13,21-22H2,1-5H3,(H,34,38)/t25-/m0/s1. The van der Waals surface area contributed by atoms with Crippen LogP contribution in [0.1, 0.15) is 49.3 Å². The second-order valence-electron chi connectivity index (χ2n) is 11.0. The van der Waals surface area contributed by atoms with Crippen LogP contribution in [0.3, 0.4) is 0 Å². The van der Waals surface area contributed by atoms with Gasteiger partial charge in [-0.2, -0.15) is 0 Å². The molecule has 0 spiro atoms. The first-order valence-electron chi connectivity index (χ1n) is 14.5. The minimum atomic E-state index is -4.20. The van der Waals surface area contributed by atoms with E-state index in [9.17, 15) is 18.0 Å². The summed E-state index contributed by atoms with van der Waals surface area (Å²) in [4.78, 5) is 29.1. The van der Waals surface area contributed by atoms with E-state index in [-0.39, 0.29) is 29.1 Å². The highest BCUT2D eigenvalue weighted by atomic mass is 32.2. The molecule has 4 rings (SSSR count). The summed E-state index contributed by atoms with van der Waals surface area (Å²) < 4.78 is 40.1. The molecular formula is C33H41N3O6S. The average Bonchev–Trinajstić information content (AvgIpc) is 3.51. The number of sulfonamides is 1. The summed E-state index contributed by atoms with van der Waals surface area (Å²) in [5, 5.41) is 3.09. The summed E-state index contributed by atoms with van der Waals surface area (Å²) in [5.41, 5.74) is 2.97. The van der Waals surface area contributed by atoms with Gasteiger partial charge in [0.25, 0.3) is 10.0 Å². The quantitative estimate of drug-likeness (QED) is 0.311. The number of aryl methyl sites for hydroxylation is 2. The number of hydrogen-bond donors (Lipinski definition) is 1. The Balaban J connectivity index is 1.74. The smallest absolute Gasteiger partial charge is 0.264 e. The van der Waals surface area contributed by atoms with Crippen molar-refractivity contribution in [2.24, 2.45) is 0 Å². The lowest BCUT2D eigenvalue weighted by molar-refractivity contribution is -0.139. The topological polar surface area (TPSA) is 105 Å². The second-order valence-corrected chi connectivity index (χ2v) is 12.8. The van der Waals surface area contributed by atoms with Crippen LogP contribution in [-0.4, -0.2) is 58.0 Å². The number of rotatable bonds is 12. The van der Waals surface area contributed by atoms with Gasteiger partial charge in [0.05, 0.1) is 24.8 Å². The molecule has 0 saturated heterocycles. The first-order chi connectivity index (χ1) is 20.5. The third-order valence-corrected chi connectivity index (χ3v) is 9.80. The lowest BCUT2D eigenvalue weighted by Crippen LogP contribution is -2.52. The van der Waals surface area contributed by atoms with Crippen molar-refractivity contribution >= 4 is 27.5 Å². The number of methoxy groups -OCH3 is 2. The summed E-state index contributed by atoms with van der Waals surface area (Å²) in [5.74, 6) is -0.0306. The van der Waals surface area contributed by atoms with E-state index in [1.165, 1.54) is 37.3 Å². The molecule has 3 aromatic rings. The SMILES string of the molecule is COc1ccc(N(CC(=O)N(Cc2ccccc2C)[C@@H](C)C(=O)NC2CCCC2)S(=O)(=O)c2ccc(C)cc2)cc1OC. The lowest BCUT2D eigenvalue weighted by atomic mass is 10.1. The van der Waals surface area contributed by atoms with E-state index in [1.807, 2.05) is 38.1 Å². The fraction of sp³-hybridized carbons (Fsp3) is 0.394. The van der Waals surface area contributed by atoms with Crippen LogP contribution in [0.4, 0.5) is 5.69 Å². The van der Waals surface area contributed by atoms with Gasteiger partial charge in [0.1, 0.15) is 12.6 Å². The van der Waals surface area contributed by atoms with Gasteiger partial charge < -0.3 is 19.7 Å². The van der Waals surface area contributed by atoms with Gasteiger partial charge in [-0.3, -0.25) is 13.9 Å². The van der Waals surface area contributed by atoms with Crippen LogP contribution in [-0.2, 0) is 26.2 Å². The van der Waals surface area contributed by atoms with Crippen LogP contribution in [0.2, 0.25) is 0 Å². The maximum Gasteiger partial charge on any atom is 0.264 e. The third-order valence-electron chi connectivity index (χ3n) is 8.01. The Morgan fingerprint density at radius 2 is 1.58 bits per heavy atom. The predicted molar refractivity (Wildman–Crippen MR) is 167 cm³/mol. The van der Waals surface area contributed by atoms with Gasteiger partial charge in [-0.25, -0.2) is 8.42 Å². The van der Waals surface area contributed by atoms with Gasteiger partial charge in [0.15, 0.2) is 11.5 Å². The first-order valence-corrected chi connectivity index (χ1v) is 15.9. The summed E-state index contributed by atoms with van der Waals surface area (Å²) in [7, 11) is -1.25. The molecule has 1 aliphatic rings. The van der Waals surface area contributed by atoms with Crippen LogP contribution >= 0.6 is 0 Å². The molecule has 2 amide bonds. The van der Waals surface area contributed by atoms with E-state index in [2.05, 4.69) is 5.32 Å². The number of nitrogens with one attached hydrogen (secondary N) is 1. The Morgan fingerprint density at radius 1 is 0.930 bits per heavy atom. The Labute approximate surface area is 254 Å². The number of carbonyl (C=O) groups excluding carboxylic acids is 2. The number of ether oxygens (including phenoxy) is 2. The maximum atomic E-state index is 14.2. The molecule has 1 N–H and O–H groups in total. The molecule has 9 nitrogen and oxygen atoms in total. The fourth-order valence-electron chi connectivity index (χ4n) is 5.29. The van der Waals surface area contributed by atoms with E-state index in [0.717, 1.165) is 46.7 Å². The zero-order valence-corrected chi connectivity index (χ0v) is 26.3. The molecule has 0 heterocycles. The molecule has 1 aliphatic carbocycles. The van der Waals surface area contributed by atoms with Crippen LogP contribution in [0.5, 0.6) is 11.5 Å². The van der Waals surface area contributed by atoms with E-state index in [0.29, 0.717) is 11.5 Å². The molecule has 3 aromatic carbocycles. The van der Waals surface area contributed by atoms with Crippen molar-refractivity contribution in [3.05, 3.63) is 83.4 Å². The van der Waals surface area contributed by atoms with E-state index < -0.39 is 28.5 Å². The van der Waals surface area contributed by atoms with Crippen LogP contribution in [0, 0.1) is 13.8 Å². The normalized spacial score (nSPS) is 14.2. The molecule has 10 heteroatoms. The predicted octanol–water partition coefficient (Wildman–Crippen LogP) is 4.99. The summed E-state index contributed by atoms with van der Waals surface area (Å²) >= 11 is 0. The van der Waals surface area contributed by atoms with Crippen LogP contribution in [0.15, 0.2) is 71.6 Å². The van der Waals surface area contributed by atoms with E-state index >= 15 is 0 Å². The molecule has 0 bridgehead atoms.